The van der Waals surface area contributed by atoms with Crippen LogP contribution < -0.4 is 4.89 Å². The van der Waals surface area contributed by atoms with Crippen LogP contribution in [0.5, 0.6) is 0 Å². The predicted molar refractivity (Wildman–Crippen MR) is 128 cm³/mol. The molecule has 0 amide bonds. The lowest BCUT2D eigenvalue weighted by atomic mass is 10.0. The molecule has 0 aliphatic carbocycles. The van der Waals surface area contributed by atoms with Crippen molar-refractivity contribution in [3.8, 4) is 0 Å². The van der Waals surface area contributed by atoms with Gasteiger partial charge in [0.15, 0.2) is 0 Å². The fourth-order valence-electron chi connectivity index (χ4n) is 3.44. The van der Waals surface area contributed by atoms with E-state index in [0.717, 1.165) is 12.8 Å². The molecule has 1 N–H and O–H groups in total. The van der Waals surface area contributed by atoms with Gasteiger partial charge in [0.2, 0.25) is 0 Å². The minimum Gasteiger partial charge on any atom is -0.778 e. The molecule has 0 radical (unpaired) electrons. The van der Waals surface area contributed by atoms with Crippen LogP contribution in [0, 0.1) is 0 Å². The fourth-order valence-corrected chi connectivity index (χ4v) is 4.52. The van der Waals surface area contributed by atoms with Gasteiger partial charge in [-0.1, -0.05) is 90.4 Å². The van der Waals surface area contributed by atoms with Crippen molar-refractivity contribution in [3.05, 3.63) is 0 Å². The number of aliphatic hydroxyl groups is 1. The average molecular weight is 466 g/mol. The first kappa shape index (κ1) is 31.0. The van der Waals surface area contributed by atoms with Gasteiger partial charge in [-0.25, -0.2) is 0 Å². The van der Waals surface area contributed by atoms with Crippen molar-refractivity contribution in [1.29, 1.82) is 0 Å². The second-order valence-electron chi connectivity index (χ2n) is 9.97. The molecule has 1 unspecified atom stereocenters. The fraction of sp³-hybridized carbons (Fsp3) is 1.00. The van der Waals surface area contributed by atoms with Crippen LogP contribution in [0.1, 0.15) is 96.8 Å². The van der Waals surface area contributed by atoms with Crippen LogP contribution in [-0.4, -0.2) is 69.4 Å². The van der Waals surface area contributed by atoms with Crippen LogP contribution in [-0.2, 0) is 13.8 Å². The minimum absolute atomic E-state index is 0.0450. The van der Waals surface area contributed by atoms with E-state index >= 15 is 0 Å². The van der Waals surface area contributed by atoms with Gasteiger partial charge < -0.3 is 28.3 Å². The zero-order chi connectivity index (χ0) is 23.4. The van der Waals surface area contributed by atoms with Crippen LogP contribution in [0.15, 0.2) is 0 Å². The number of rotatable bonds is 23. The molecule has 2 atom stereocenters. The summed E-state index contributed by atoms with van der Waals surface area (Å²) in [6.07, 6.45) is 16.9. The standard InChI is InChI=1S/C24H52NO5P/c1-5-6-7-8-9-10-11-12-13-14-15-16-17-18-20-29-22-24(26)23-31(27,28)30-21-19-25(2,3)4/h24,26H,5-23H2,1-4H3/t24-/m1/s1. The maximum Gasteiger partial charge on any atom is 0.137 e. The van der Waals surface area contributed by atoms with Crippen molar-refractivity contribution in [3.63, 3.8) is 0 Å². The second-order valence-corrected chi connectivity index (χ2v) is 11.8. The quantitative estimate of drug-likeness (QED) is 0.129. The summed E-state index contributed by atoms with van der Waals surface area (Å²) in [7, 11) is 1.90. The Balaban J connectivity index is 3.42. The van der Waals surface area contributed by atoms with Crippen LogP contribution >= 0.6 is 7.60 Å². The normalized spacial score (nSPS) is 15.2. The summed E-state index contributed by atoms with van der Waals surface area (Å²) in [6, 6.07) is 0. The molecule has 0 spiro atoms. The van der Waals surface area contributed by atoms with Crippen molar-refractivity contribution in [2.75, 3.05) is 53.7 Å². The number of likely N-dealkylation sites (N-methyl/N-ethyl adjacent to an activating group) is 1. The van der Waals surface area contributed by atoms with E-state index in [1.54, 1.807) is 0 Å². The molecule has 0 aromatic heterocycles. The number of quaternary nitrogens is 1. The first-order valence-corrected chi connectivity index (χ1v) is 14.4. The highest BCUT2D eigenvalue weighted by Crippen LogP contribution is 2.37. The lowest BCUT2D eigenvalue weighted by molar-refractivity contribution is -0.870. The molecule has 7 heteroatoms. The van der Waals surface area contributed by atoms with Crippen LogP contribution in [0.4, 0.5) is 0 Å². The largest absolute Gasteiger partial charge is 0.778 e. The third-order valence-electron chi connectivity index (χ3n) is 5.44. The van der Waals surface area contributed by atoms with E-state index in [1.807, 2.05) is 21.1 Å². The Bertz CT molecular complexity index is 442. The molecule has 31 heavy (non-hydrogen) atoms. The summed E-state index contributed by atoms with van der Waals surface area (Å²) in [5.74, 6) is 0. The van der Waals surface area contributed by atoms with E-state index in [2.05, 4.69) is 6.92 Å². The van der Waals surface area contributed by atoms with Crippen molar-refractivity contribution in [2.45, 2.75) is 103 Å². The zero-order valence-corrected chi connectivity index (χ0v) is 21.9. The molecule has 0 heterocycles. The highest BCUT2D eigenvalue weighted by molar-refractivity contribution is 7.51. The summed E-state index contributed by atoms with van der Waals surface area (Å²) in [5, 5.41) is 9.88. The molecule has 6 nitrogen and oxygen atoms in total. The van der Waals surface area contributed by atoms with E-state index in [-0.39, 0.29) is 19.4 Å². The van der Waals surface area contributed by atoms with E-state index in [1.165, 1.54) is 77.0 Å². The molecule has 0 rings (SSSR count). The Kier molecular flexibility index (Phi) is 19.5. The summed E-state index contributed by atoms with van der Waals surface area (Å²) in [5.41, 5.74) is 0. The summed E-state index contributed by atoms with van der Waals surface area (Å²) < 4.78 is 22.9. The van der Waals surface area contributed by atoms with Crippen molar-refractivity contribution < 1.29 is 28.3 Å². The zero-order valence-electron chi connectivity index (χ0n) is 21.0. The van der Waals surface area contributed by atoms with Gasteiger partial charge in [0.1, 0.15) is 20.7 Å². The molecule has 0 bridgehead atoms. The first-order chi connectivity index (χ1) is 14.7. The van der Waals surface area contributed by atoms with Crippen LogP contribution in [0.25, 0.3) is 0 Å². The summed E-state index contributed by atoms with van der Waals surface area (Å²) >= 11 is 0. The van der Waals surface area contributed by atoms with Gasteiger partial charge in [-0.15, -0.1) is 0 Å². The Hall–Kier alpha value is 0.0300. The van der Waals surface area contributed by atoms with Gasteiger partial charge >= 0.3 is 0 Å². The van der Waals surface area contributed by atoms with E-state index < -0.39 is 13.7 Å². The molecule has 0 aromatic carbocycles. The molecule has 0 fully saturated rings. The lowest BCUT2D eigenvalue weighted by Gasteiger charge is -2.28. The van der Waals surface area contributed by atoms with Crippen molar-refractivity contribution in [2.24, 2.45) is 0 Å². The maximum atomic E-state index is 11.9. The van der Waals surface area contributed by atoms with E-state index in [4.69, 9.17) is 9.26 Å². The number of hydrogen-bond acceptors (Lipinski definition) is 5. The van der Waals surface area contributed by atoms with Gasteiger partial charge in [0, 0.05) is 12.8 Å². The van der Waals surface area contributed by atoms with Crippen LogP contribution in [0.2, 0.25) is 0 Å². The molecule has 0 aromatic rings. The van der Waals surface area contributed by atoms with Crippen molar-refractivity contribution in [1.82, 2.24) is 0 Å². The number of hydrogen-bond donors (Lipinski definition) is 1. The van der Waals surface area contributed by atoms with Gasteiger partial charge in [0.25, 0.3) is 0 Å². The number of aliphatic hydroxyl groups excluding tert-OH is 1. The van der Waals surface area contributed by atoms with Crippen LogP contribution in [0.3, 0.4) is 0 Å². The predicted octanol–water partition coefficient (Wildman–Crippen LogP) is 5.12. The molecule has 0 saturated heterocycles. The van der Waals surface area contributed by atoms with Gasteiger partial charge in [-0.3, -0.25) is 0 Å². The number of ether oxygens (including phenoxy) is 1. The van der Waals surface area contributed by atoms with E-state index in [0.29, 0.717) is 17.6 Å². The Morgan fingerprint density at radius 1 is 0.806 bits per heavy atom. The van der Waals surface area contributed by atoms with Gasteiger partial charge in [-0.2, -0.15) is 0 Å². The Labute approximate surface area is 192 Å². The molecule has 0 aliphatic heterocycles. The Morgan fingerprint density at radius 3 is 1.71 bits per heavy atom. The third kappa shape index (κ3) is 24.5. The molecular weight excluding hydrogens is 413 g/mol. The first-order valence-electron chi connectivity index (χ1n) is 12.7. The summed E-state index contributed by atoms with van der Waals surface area (Å²) in [4.78, 5) is 11.9. The molecular formula is C24H52NO5P. The summed E-state index contributed by atoms with van der Waals surface area (Å²) in [6.45, 7) is 3.61. The monoisotopic (exact) mass is 465 g/mol. The maximum absolute atomic E-state index is 11.9. The third-order valence-corrected chi connectivity index (χ3v) is 6.88. The van der Waals surface area contributed by atoms with Gasteiger partial charge in [-0.05, 0) is 6.42 Å². The molecule has 0 saturated carbocycles. The minimum atomic E-state index is -4.02. The number of unbranched alkanes of at least 4 members (excludes halogenated alkanes) is 13. The van der Waals surface area contributed by atoms with E-state index in [9.17, 15) is 14.6 Å². The highest BCUT2D eigenvalue weighted by atomic mass is 31.2. The smallest absolute Gasteiger partial charge is 0.137 e. The van der Waals surface area contributed by atoms with Crippen molar-refractivity contribution >= 4 is 7.60 Å². The second kappa shape index (κ2) is 19.5. The SMILES string of the molecule is CCCCCCCCCCCCCCCCOC[C@@H](O)CP(=O)([O-])OCC[N+](C)(C)C. The topological polar surface area (TPSA) is 78.8 Å². The Morgan fingerprint density at radius 2 is 1.26 bits per heavy atom. The van der Waals surface area contributed by atoms with Gasteiger partial charge in [0.05, 0.1) is 33.9 Å². The molecule has 188 valence electrons. The number of nitrogens with zero attached hydrogens (tertiary/aromatic N) is 1. The average Bonchev–Trinajstić information content (AvgIpc) is 2.66. The molecule has 0 aliphatic rings. The highest BCUT2D eigenvalue weighted by Gasteiger charge is 2.17. The lowest BCUT2D eigenvalue weighted by Crippen LogP contribution is -2.38.